The minimum atomic E-state index is -0.930. The van der Waals surface area contributed by atoms with E-state index >= 15 is 0 Å². The van der Waals surface area contributed by atoms with Gasteiger partial charge in [0, 0.05) is 13.0 Å². The minimum absolute atomic E-state index is 0.115. The quantitative estimate of drug-likeness (QED) is 0.588. The van der Waals surface area contributed by atoms with Crippen LogP contribution in [0.4, 0.5) is 0 Å². The van der Waals surface area contributed by atoms with Gasteiger partial charge >= 0.3 is 0 Å². The molecule has 7 heteroatoms. The van der Waals surface area contributed by atoms with Crippen LogP contribution in [0.5, 0.6) is 0 Å². The molecule has 2 aliphatic heterocycles. The molecule has 1 atom stereocenters. The fraction of sp³-hybridized carbons (Fsp3) is 0.474. The summed E-state index contributed by atoms with van der Waals surface area (Å²) in [6.45, 7) is 3.36. The highest BCUT2D eigenvalue weighted by atomic mass is 16.5. The lowest BCUT2D eigenvalue weighted by Crippen LogP contribution is -2.54. The average molecular weight is 358 g/mol. The van der Waals surface area contributed by atoms with Crippen LogP contribution in [0.1, 0.15) is 58.9 Å². The third-order valence-electron chi connectivity index (χ3n) is 4.68. The molecule has 1 aromatic rings. The molecule has 1 aromatic carbocycles. The topological polar surface area (TPSA) is 92.8 Å². The van der Waals surface area contributed by atoms with E-state index in [9.17, 15) is 19.2 Å². The predicted molar refractivity (Wildman–Crippen MR) is 92.5 cm³/mol. The normalized spacial score (nSPS) is 19.7. The maximum atomic E-state index is 12.7. The first-order chi connectivity index (χ1) is 12.5. The summed E-state index contributed by atoms with van der Waals surface area (Å²) in [7, 11) is 0. The van der Waals surface area contributed by atoms with Gasteiger partial charge in [-0.1, -0.05) is 19.4 Å². The molecule has 7 nitrogen and oxygen atoms in total. The van der Waals surface area contributed by atoms with Gasteiger partial charge in [-0.05, 0) is 37.0 Å². The molecule has 0 spiro atoms. The van der Waals surface area contributed by atoms with Crippen LogP contribution in [-0.4, -0.2) is 47.8 Å². The van der Waals surface area contributed by atoms with E-state index in [-0.39, 0.29) is 18.7 Å². The highest BCUT2D eigenvalue weighted by Gasteiger charge is 2.44. The first kappa shape index (κ1) is 18.3. The number of piperidine rings is 1. The highest BCUT2D eigenvalue weighted by molar-refractivity contribution is 6.23. The number of unbranched alkanes of at least 4 members (excludes halogenated alkanes) is 1. The van der Waals surface area contributed by atoms with Crippen molar-refractivity contribution in [2.24, 2.45) is 0 Å². The molecule has 2 heterocycles. The van der Waals surface area contributed by atoms with Crippen molar-refractivity contribution < 1.29 is 23.9 Å². The maximum Gasteiger partial charge on any atom is 0.262 e. The van der Waals surface area contributed by atoms with Crippen LogP contribution in [-0.2, 0) is 20.7 Å². The second-order valence-electron chi connectivity index (χ2n) is 6.54. The first-order valence-corrected chi connectivity index (χ1v) is 8.95. The molecule has 0 radical (unpaired) electrons. The molecule has 0 bridgehead atoms. The Bertz CT molecular complexity index is 758. The number of hydrogen-bond donors (Lipinski definition) is 1. The molecule has 2 aliphatic rings. The summed E-state index contributed by atoms with van der Waals surface area (Å²) in [5, 5.41) is 2.19. The van der Waals surface area contributed by atoms with Crippen molar-refractivity contribution in [3.63, 3.8) is 0 Å². The molecular formula is C19H22N2O5. The SMILES string of the molecule is CCCCOCCc1ccc2c(c1)C(=O)N(C1CCC(=O)NC1=O)C2=O. The largest absolute Gasteiger partial charge is 0.381 e. The zero-order valence-corrected chi connectivity index (χ0v) is 14.7. The van der Waals surface area contributed by atoms with Gasteiger partial charge in [0.2, 0.25) is 11.8 Å². The number of amides is 4. The zero-order chi connectivity index (χ0) is 18.7. The standard InChI is InChI=1S/C19H22N2O5/c1-2-3-9-26-10-8-12-4-5-13-14(11-12)19(25)21(18(13)24)15-6-7-16(22)20-17(15)23/h4-5,11,15H,2-3,6-10H2,1H3,(H,20,22,23). The highest BCUT2D eigenvalue weighted by Crippen LogP contribution is 2.28. The number of carbonyl (C=O) groups is 4. The Balaban J connectivity index is 1.71. The van der Waals surface area contributed by atoms with Gasteiger partial charge in [0.1, 0.15) is 6.04 Å². The van der Waals surface area contributed by atoms with E-state index in [1.165, 1.54) is 0 Å². The van der Waals surface area contributed by atoms with Gasteiger partial charge in [0.25, 0.3) is 11.8 Å². The minimum Gasteiger partial charge on any atom is -0.381 e. The van der Waals surface area contributed by atoms with Crippen LogP contribution >= 0.6 is 0 Å². The van der Waals surface area contributed by atoms with Crippen molar-refractivity contribution >= 4 is 23.6 Å². The smallest absolute Gasteiger partial charge is 0.262 e. The summed E-state index contributed by atoms with van der Waals surface area (Å²) in [4.78, 5) is 49.6. The Morgan fingerprint density at radius 2 is 1.88 bits per heavy atom. The molecule has 0 saturated carbocycles. The van der Waals surface area contributed by atoms with E-state index < -0.39 is 23.8 Å². The van der Waals surface area contributed by atoms with Crippen LogP contribution in [0, 0.1) is 0 Å². The van der Waals surface area contributed by atoms with E-state index in [0.717, 1.165) is 23.3 Å². The number of rotatable bonds is 7. The number of imide groups is 2. The van der Waals surface area contributed by atoms with E-state index in [0.29, 0.717) is 30.8 Å². The first-order valence-electron chi connectivity index (χ1n) is 8.95. The summed E-state index contributed by atoms with van der Waals surface area (Å²) in [6.07, 6.45) is 3.01. The van der Waals surface area contributed by atoms with Crippen molar-refractivity contribution in [2.75, 3.05) is 13.2 Å². The van der Waals surface area contributed by atoms with E-state index in [4.69, 9.17) is 4.74 Å². The van der Waals surface area contributed by atoms with Gasteiger partial charge < -0.3 is 4.74 Å². The van der Waals surface area contributed by atoms with Crippen molar-refractivity contribution in [1.29, 1.82) is 0 Å². The van der Waals surface area contributed by atoms with Gasteiger partial charge in [-0.15, -0.1) is 0 Å². The molecule has 26 heavy (non-hydrogen) atoms. The number of ether oxygens (including phenoxy) is 1. The molecule has 0 aromatic heterocycles. The lowest BCUT2D eigenvalue weighted by molar-refractivity contribution is -0.136. The maximum absolute atomic E-state index is 12.7. The Morgan fingerprint density at radius 1 is 1.12 bits per heavy atom. The third-order valence-corrected chi connectivity index (χ3v) is 4.68. The van der Waals surface area contributed by atoms with Gasteiger partial charge in [0.15, 0.2) is 0 Å². The fourth-order valence-corrected chi connectivity index (χ4v) is 3.21. The number of benzene rings is 1. The van der Waals surface area contributed by atoms with Gasteiger partial charge in [-0.2, -0.15) is 0 Å². The molecule has 3 rings (SSSR count). The average Bonchev–Trinajstić information content (AvgIpc) is 2.86. The van der Waals surface area contributed by atoms with Crippen molar-refractivity contribution in [2.45, 2.75) is 45.1 Å². The Hall–Kier alpha value is -2.54. The molecule has 1 unspecified atom stereocenters. The molecular weight excluding hydrogens is 336 g/mol. The van der Waals surface area contributed by atoms with Crippen LogP contribution < -0.4 is 5.32 Å². The van der Waals surface area contributed by atoms with Crippen LogP contribution in [0.3, 0.4) is 0 Å². The Kier molecular flexibility index (Phi) is 5.46. The number of nitrogens with zero attached hydrogens (tertiary/aromatic N) is 1. The number of fused-ring (bicyclic) bond motifs is 1. The molecule has 1 N–H and O–H groups in total. The van der Waals surface area contributed by atoms with Crippen molar-refractivity contribution in [3.8, 4) is 0 Å². The third kappa shape index (κ3) is 3.53. The molecule has 0 aliphatic carbocycles. The van der Waals surface area contributed by atoms with Crippen LogP contribution in [0.2, 0.25) is 0 Å². The predicted octanol–water partition coefficient (Wildman–Crippen LogP) is 1.45. The number of nitrogens with one attached hydrogen (secondary N) is 1. The Labute approximate surface area is 151 Å². The number of carbonyl (C=O) groups excluding carboxylic acids is 4. The second kappa shape index (κ2) is 7.78. The molecule has 4 amide bonds. The van der Waals surface area contributed by atoms with Crippen LogP contribution in [0.15, 0.2) is 18.2 Å². The fourth-order valence-electron chi connectivity index (χ4n) is 3.21. The van der Waals surface area contributed by atoms with Gasteiger partial charge in [-0.3, -0.25) is 29.4 Å². The summed E-state index contributed by atoms with van der Waals surface area (Å²) >= 11 is 0. The van der Waals surface area contributed by atoms with Gasteiger partial charge in [-0.25, -0.2) is 0 Å². The summed E-state index contributed by atoms with van der Waals surface area (Å²) in [5.74, 6) is -1.94. The Morgan fingerprint density at radius 3 is 2.62 bits per heavy atom. The molecule has 1 saturated heterocycles. The van der Waals surface area contributed by atoms with Crippen molar-refractivity contribution in [3.05, 3.63) is 34.9 Å². The number of hydrogen-bond acceptors (Lipinski definition) is 5. The lowest BCUT2D eigenvalue weighted by Gasteiger charge is -2.27. The summed E-state index contributed by atoms with van der Waals surface area (Å²) < 4.78 is 5.54. The summed E-state index contributed by atoms with van der Waals surface area (Å²) in [5.41, 5.74) is 1.52. The summed E-state index contributed by atoms with van der Waals surface area (Å²) in [6, 6.07) is 4.20. The van der Waals surface area contributed by atoms with E-state index in [2.05, 4.69) is 12.2 Å². The monoisotopic (exact) mass is 358 g/mol. The van der Waals surface area contributed by atoms with Gasteiger partial charge in [0.05, 0.1) is 17.7 Å². The van der Waals surface area contributed by atoms with Crippen molar-refractivity contribution in [1.82, 2.24) is 10.2 Å². The molecule has 1 fully saturated rings. The van der Waals surface area contributed by atoms with E-state index in [1.807, 2.05) is 0 Å². The lowest BCUT2D eigenvalue weighted by atomic mass is 10.0. The zero-order valence-electron chi connectivity index (χ0n) is 14.7. The van der Waals surface area contributed by atoms with E-state index in [1.54, 1.807) is 18.2 Å². The van der Waals surface area contributed by atoms with Crippen LogP contribution in [0.25, 0.3) is 0 Å². The molecule has 138 valence electrons. The second-order valence-corrected chi connectivity index (χ2v) is 6.54.